The van der Waals surface area contributed by atoms with Gasteiger partial charge in [-0.15, -0.1) is 0 Å². The number of nitrogens with one attached hydrogen (secondary N) is 3. The van der Waals surface area contributed by atoms with Crippen LogP contribution >= 0.6 is 0 Å². The predicted molar refractivity (Wildman–Crippen MR) is 155 cm³/mol. The molecule has 1 atom stereocenters. The molecule has 41 heavy (non-hydrogen) atoms. The highest BCUT2D eigenvalue weighted by molar-refractivity contribution is 7.90. The number of aromatic nitrogens is 1. The maximum Gasteiger partial charge on any atom is 0.273 e. The largest absolute Gasteiger partial charge is 0.325 e. The van der Waals surface area contributed by atoms with E-state index in [9.17, 15) is 26.8 Å². The van der Waals surface area contributed by atoms with Gasteiger partial charge < -0.3 is 16.0 Å². The van der Waals surface area contributed by atoms with Crippen molar-refractivity contribution in [2.75, 3.05) is 10.6 Å². The summed E-state index contributed by atoms with van der Waals surface area (Å²) in [6.45, 7) is 6.26. The van der Waals surface area contributed by atoms with Gasteiger partial charge in [0.1, 0.15) is 0 Å². The van der Waals surface area contributed by atoms with Gasteiger partial charge in [-0.25, -0.2) is 21.2 Å². The van der Waals surface area contributed by atoms with Crippen molar-refractivity contribution in [1.29, 1.82) is 5.41 Å². The van der Waals surface area contributed by atoms with Gasteiger partial charge in [-0.3, -0.25) is 9.59 Å². The summed E-state index contributed by atoms with van der Waals surface area (Å²) in [6.07, 6.45) is 1.08. The first kappa shape index (κ1) is 29.6. The number of fused-ring (bicyclic) bond motifs is 1. The summed E-state index contributed by atoms with van der Waals surface area (Å²) in [4.78, 5) is 26.3. The molecule has 4 aromatic rings. The number of anilines is 2. The van der Waals surface area contributed by atoms with Crippen LogP contribution in [-0.4, -0.2) is 29.9 Å². The summed E-state index contributed by atoms with van der Waals surface area (Å²) in [7, 11) is -3.95. The summed E-state index contributed by atoms with van der Waals surface area (Å²) in [5.74, 6) is -6.35. The van der Waals surface area contributed by atoms with E-state index in [0.717, 1.165) is 15.6 Å². The molecule has 1 unspecified atom stereocenters. The maximum atomic E-state index is 14.1. The molecule has 1 heterocycles. The van der Waals surface area contributed by atoms with Gasteiger partial charge in [0.15, 0.2) is 5.92 Å². The second-order valence-electron chi connectivity index (χ2n) is 9.89. The van der Waals surface area contributed by atoms with E-state index in [0.29, 0.717) is 16.5 Å². The van der Waals surface area contributed by atoms with Crippen LogP contribution in [0.2, 0.25) is 0 Å². The molecule has 0 aliphatic carbocycles. The molecule has 0 spiro atoms. The molecule has 11 heteroatoms. The monoisotopic (exact) mass is 580 g/mol. The van der Waals surface area contributed by atoms with Gasteiger partial charge in [0.2, 0.25) is 11.8 Å². The average molecular weight is 581 g/mol. The zero-order chi connectivity index (χ0) is 30.1. The fourth-order valence-electron chi connectivity index (χ4n) is 4.43. The Bertz CT molecular complexity index is 1760. The van der Waals surface area contributed by atoms with E-state index >= 15 is 0 Å². The lowest BCUT2D eigenvalue weighted by Gasteiger charge is -2.18. The Morgan fingerprint density at radius 3 is 2.15 bits per heavy atom. The van der Waals surface area contributed by atoms with Crippen molar-refractivity contribution in [1.82, 2.24) is 3.97 Å². The Balaban J connectivity index is 1.61. The molecule has 0 saturated heterocycles. The van der Waals surface area contributed by atoms with Crippen molar-refractivity contribution in [2.24, 2.45) is 5.92 Å². The van der Waals surface area contributed by atoms with Gasteiger partial charge in [0, 0.05) is 40.7 Å². The minimum Gasteiger partial charge on any atom is -0.325 e. The minimum absolute atomic E-state index is 0.0655. The molecule has 0 aliphatic heterocycles. The Labute approximate surface area is 236 Å². The van der Waals surface area contributed by atoms with Crippen LogP contribution in [0.25, 0.3) is 10.9 Å². The van der Waals surface area contributed by atoms with Crippen molar-refractivity contribution in [2.45, 2.75) is 44.9 Å². The van der Waals surface area contributed by atoms with Crippen LogP contribution in [0.15, 0.2) is 77.8 Å². The molecule has 3 N–H and O–H groups in total. The lowest BCUT2D eigenvalue weighted by molar-refractivity contribution is -0.126. The summed E-state index contributed by atoms with van der Waals surface area (Å²) in [5.41, 5.74) is 1.67. The highest BCUT2D eigenvalue weighted by Gasteiger charge is 2.31. The molecule has 0 aliphatic rings. The van der Waals surface area contributed by atoms with Crippen LogP contribution in [-0.2, 0) is 25.5 Å². The summed E-state index contributed by atoms with van der Waals surface area (Å²) < 4.78 is 56.3. The molecule has 0 bridgehead atoms. The van der Waals surface area contributed by atoms with Crippen molar-refractivity contribution in [3.8, 4) is 0 Å². The van der Waals surface area contributed by atoms with Gasteiger partial charge in [-0.2, -0.15) is 0 Å². The smallest absolute Gasteiger partial charge is 0.273 e. The van der Waals surface area contributed by atoms with Crippen molar-refractivity contribution in [3.63, 3.8) is 0 Å². The van der Waals surface area contributed by atoms with E-state index in [1.54, 1.807) is 31.2 Å². The number of alkyl halides is 2. The highest BCUT2D eigenvalue weighted by atomic mass is 32.2. The van der Waals surface area contributed by atoms with E-state index in [1.165, 1.54) is 56.4 Å². The van der Waals surface area contributed by atoms with Crippen LogP contribution in [0.3, 0.4) is 0 Å². The zero-order valence-electron chi connectivity index (χ0n) is 23.0. The quantitative estimate of drug-likeness (QED) is 0.161. The lowest BCUT2D eigenvalue weighted by atomic mass is 10.0. The Morgan fingerprint density at radius 2 is 1.56 bits per heavy atom. The topological polar surface area (TPSA) is 121 Å². The molecule has 0 saturated carbocycles. The molecule has 8 nitrogen and oxygen atoms in total. The number of carbonyl (C=O) groups excluding carboxylic acids is 2. The average Bonchev–Trinajstić information content (AvgIpc) is 3.25. The molecule has 214 valence electrons. The number of carbonyl (C=O) groups is 2. The first-order chi connectivity index (χ1) is 19.2. The first-order valence-electron chi connectivity index (χ1n) is 12.8. The van der Waals surface area contributed by atoms with Gasteiger partial charge in [0.05, 0.1) is 10.4 Å². The molecule has 4 rings (SSSR count). The SMILES string of the molecule is CCC(F)(F)c1cccc(NC(=O)C(C(C)=N)C(=O)Nc2ccc3c(C)cn(S(=O)(=O)c4ccc(C)cc4)c3c2)c1. The molecule has 2 amide bonds. The number of hydrogen-bond donors (Lipinski definition) is 3. The third kappa shape index (κ3) is 6.04. The molecular formula is C30H30F2N4O4S. The first-order valence-corrected chi connectivity index (χ1v) is 14.3. The molecule has 3 aromatic carbocycles. The molecular weight excluding hydrogens is 550 g/mol. The fourth-order valence-corrected chi connectivity index (χ4v) is 5.85. The van der Waals surface area contributed by atoms with Crippen LogP contribution < -0.4 is 10.6 Å². The number of benzene rings is 3. The number of aryl methyl sites for hydroxylation is 2. The summed E-state index contributed by atoms with van der Waals surface area (Å²) >= 11 is 0. The molecule has 1 aromatic heterocycles. The Kier molecular flexibility index (Phi) is 8.12. The van der Waals surface area contributed by atoms with Crippen molar-refractivity contribution >= 4 is 49.8 Å². The summed E-state index contributed by atoms with van der Waals surface area (Å²) in [6, 6.07) is 16.3. The van der Waals surface area contributed by atoms with E-state index in [1.807, 2.05) is 6.92 Å². The second-order valence-corrected chi connectivity index (χ2v) is 11.7. The number of halogens is 2. The van der Waals surface area contributed by atoms with E-state index in [2.05, 4.69) is 10.6 Å². The molecule has 0 radical (unpaired) electrons. The van der Waals surface area contributed by atoms with E-state index in [4.69, 9.17) is 5.41 Å². The van der Waals surface area contributed by atoms with Crippen LogP contribution in [0.4, 0.5) is 20.2 Å². The van der Waals surface area contributed by atoms with Gasteiger partial charge in [0.25, 0.3) is 15.9 Å². The number of rotatable bonds is 9. The van der Waals surface area contributed by atoms with Crippen molar-refractivity contribution in [3.05, 3.63) is 89.6 Å². The van der Waals surface area contributed by atoms with Gasteiger partial charge in [-0.05, 0) is 62.7 Å². The second kappa shape index (κ2) is 11.2. The standard InChI is InChI=1S/C30H30F2N4O4S/c1-5-30(31,32)21-7-6-8-22(15-21)34-28(37)27(20(4)33)29(38)35-23-11-14-25-19(3)17-36(26(25)16-23)41(39,40)24-12-9-18(2)10-13-24/h6-17,27,33H,5H2,1-4H3,(H,34,37)(H,35,38). The number of amides is 2. The third-order valence-corrected chi connectivity index (χ3v) is 8.46. The normalized spacial score (nSPS) is 12.6. The van der Waals surface area contributed by atoms with Crippen LogP contribution in [0.5, 0.6) is 0 Å². The van der Waals surface area contributed by atoms with E-state index < -0.39 is 40.1 Å². The van der Waals surface area contributed by atoms with Gasteiger partial charge in [-0.1, -0.05) is 42.8 Å². The Morgan fingerprint density at radius 1 is 0.951 bits per heavy atom. The maximum absolute atomic E-state index is 14.1. The van der Waals surface area contributed by atoms with Crippen LogP contribution in [0.1, 0.15) is 37.0 Å². The van der Waals surface area contributed by atoms with Gasteiger partial charge >= 0.3 is 0 Å². The van der Waals surface area contributed by atoms with E-state index in [-0.39, 0.29) is 27.5 Å². The Hall–Kier alpha value is -4.38. The minimum atomic E-state index is -3.95. The molecule has 0 fully saturated rings. The number of hydrogen-bond acceptors (Lipinski definition) is 5. The fraction of sp³-hybridized carbons (Fsp3) is 0.233. The number of nitrogens with zero attached hydrogens (tertiary/aromatic N) is 1. The summed E-state index contributed by atoms with van der Waals surface area (Å²) in [5, 5.41) is 13.8. The van der Waals surface area contributed by atoms with Crippen LogP contribution in [0, 0.1) is 25.2 Å². The lowest BCUT2D eigenvalue weighted by Crippen LogP contribution is -2.38. The van der Waals surface area contributed by atoms with Crippen molar-refractivity contribution < 1.29 is 26.8 Å². The predicted octanol–water partition coefficient (Wildman–Crippen LogP) is 6.23. The third-order valence-electron chi connectivity index (χ3n) is 6.77. The zero-order valence-corrected chi connectivity index (χ0v) is 23.8. The highest BCUT2D eigenvalue weighted by Crippen LogP contribution is 2.33.